The van der Waals surface area contributed by atoms with E-state index in [0.717, 1.165) is 72.1 Å². The number of para-hydroxylation sites is 4. The first-order valence-electron chi connectivity index (χ1n) is 27.2. The van der Waals surface area contributed by atoms with Crippen LogP contribution >= 0.6 is 0 Å². The van der Waals surface area contributed by atoms with E-state index in [1.165, 1.54) is 76.1 Å². The molecule has 0 N–H and O–H groups in total. The standard InChI is InChI=1S/C74H47N5/c1-2-23-52(24-3-1)77-70-40-37-56-46-64(70)65-47-57(39-41-71(65)77)76(73-36-16-31-62-60-29-8-11-33-69(60)79(74(62)73)67-35-15-20-49-18-5-7-28-59(49)67)54-26-13-22-51(44-54)50-21-12-25-53(43-50)75(56)55-38-42-72-63(45-55)61-30-9-10-32-68(61)78(72)66-34-14-19-48-17-4-6-27-58(48)66/h1-47H. The molecule has 5 heteroatoms. The molecule has 13 aromatic carbocycles. The predicted octanol–water partition coefficient (Wildman–Crippen LogP) is 19.4. The molecule has 4 aromatic heterocycles. The van der Waals surface area contributed by atoms with E-state index in [9.17, 15) is 0 Å². The van der Waals surface area contributed by atoms with Gasteiger partial charge in [-0.2, -0.15) is 0 Å². The van der Waals surface area contributed by atoms with E-state index in [2.05, 4.69) is 308 Å². The molecule has 5 nitrogen and oxygen atoms in total. The average molecular weight is 1010 g/mol. The maximum atomic E-state index is 2.50. The Labute approximate surface area is 453 Å². The van der Waals surface area contributed by atoms with Crippen molar-refractivity contribution in [2.24, 2.45) is 0 Å². The molecule has 0 saturated carbocycles. The smallest absolute Gasteiger partial charge is 0.0782 e. The summed E-state index contributed by atoms with van der Waals surface area (Å²) in [6, 6.07) is 106. The van der Waals surface area contributed by atoms with Crippen molar-refractivity contribution in [3.8, 4) is 28.4 Å². The van der Waals surface area contributed by atoms with Gasteiger partial charge in [0.1, 0.15) is 0 Å². The summed E-state index contributed by atoms with van der Waals surface area (Å²) in [5.74, 6) is 0. The molecule has 368 valence electrons. The molecule has 0 atom stereocenters. The third-order valence-electron chi connectivity index (χ3n) is 16.6. The molecule has 0 aliphatic heterocycles. The maximum Gasteiger partial charge on any atom is 0.0782 e. The van der Waals surface area contributed by atoms with Gasteiger partial charge in [0.25, 0.3) is 0 Å². The van der Waals surface area contributed by atoms with Crippen molar-refractivity contribution in [3.05, 3.63) is 285 Å². The van der Waals surface area contributed by atoms with Crippen LogP contribution in [0.2, 0.25) is 0 Å². The minimum atomic E-state index is 1.07. The van der Waals surface area contributed by atoms with E-state index < -0.39 is 0 Å². The molecule has 0 radical (unpaired) electrons. The first-order chi connectivity index (χ1) is 39.2. The molecule has 0 aliphatic carbocycles. The van der Waals surface area contributed by atoms with E-state index in [4.69, 9.17) is 0 Å². The van der Waals surface area contributed by atoms with Gasteiger partial charge in [-0.15, -0.1) is 0 Å². The molecular formula is C74H47N5. The van der Waals surface area contributed by atoms with Crippen LogP contribution in [0, 0.1) is 0 Å². The van der Waals surface area contributed by atoms with Crippen LogP contribution < -0.4 is 0 Å². The number of rotatable bonds is 5. The normalized spacial score (nSPS) is 12.1. The Hall–Kier alpha value is -10.6. The van der Waals surface area contributed by atoms with Crippen molar-refractivity contribution in [2.45, 2.75) is 0 Å². The monoisotopic (exact) mass is 1010 g/mol. The minimum absolute atomic E-state index is 1.07. The van der Waals surface area contributed by atoms with E-state index >= 15 is 0 Å². The average Bonchev–Trinajstić information content (AvgIpc) is 4.17. The molecule has 0 aliphatic rings. The van der Waals surface area contributed by atoms with E-state index in [-0.39, 0.29) is 0 Å². The highest BCUT2D eigenvalue weighted by atomic mass is 15.1. The Kier molecular flexibility index (Phi) is 9.35. The fourth-order valence-electron chi connectivity index (χ4n) is 13.3. The molecular weight excluding hydrogens is 959 g/mol. The van der Waals surface area contributed by atoms with Gasteiger partial charge >= 0.3 is 0 Å². The van der Waals surface area contributed by atoms with Crippen molar-refractivity contribution in [1.82, 2.24) is 22.8 Å². The molecule has 4 heterocycles. The van der Waals surface area contributed by atoms with Crippen LogP contribution in [0.5, 0.6) is 0 Å². The number of fused-ring (bicyclic) bond motifs is 15. The summed E-state index contributed by atoms with van der Waals surface area (Å²) < 4.78 is 12.3. The quantitative estimate of drug-likeness (QED) is 0.164. The number of aromatic nitrogens is 5. The molecule has 0 unspecified atom stereocenters. The molecule has 79 heavy (non-hydrogen) atoms. The summed E-state index contributed by atoms with van der Waals surface area (Å²) in [4.78, 5) is 0. The van der Waals surface area contributed by atoms with Crippen LogP contribution in [0.4, 0.5) is 0 Å². The number of benzene rings is 13. The van der Waals surface area contributed by atoms with Gasteiger partial charge in [-0.1, -0.05) is 164 Å². The zero-order valence-electron chi connectivity index (χ0n) is 42.9. The summed E-state index contributed by atoms with van der Waals surface area (Å²) in [6.45, 7) is 0. The van der Waals surface area contributed by atoms with Crippen LogP contribution in [-0.2, 0) is 0 Å². The molecule has 17 rings (SSSR count). The zero-order valence-corrected chi connectivity index (χ0v) is 42.9. The van der Waals surface area contributed by atoms with Crippen molar-refractivity contribution in [1.29, 1.82) is 0 Å². The highest BCUT2D eigenvalue weighted by Gasteiger charge is 2.21. The van der Waals surface area contributed by atoms with Crippen molar-refractivity contribution < 1.29 is 0 Å². The summed E-state index contributed by atoms with van der Waals surface area (Å²) in [5.41, 5.74) is 16.9. The number of hydrogen-bond donors (Lipinski definition) is 0. The van der Waals surface area contributed by atoms with Gasteiger partial charge < -0.3 is 22.8 Å². The lowest BCUT2D eigenvalue weighted by Gasteiger charge is -2.17. The van der Waals surface area contributed by atoms with Gasteiger partial charge in [-0.3, -0.25) is 0 Å². The molecule has 17 aromatic rings. The second-order valence-corrected chi connectivity index (χ2v) is 20.9. The van der Waals surface area contributed by atoms with Crippen LogP contribution in [-0.4, -0.2) is 22.8 Å². The van der Waals surface area contributed by atoms with Gasteiger partial charge in [-0.05, 0) is 143 Å². The molecule has 0 amide bonds. The molecule has 0 spiro atoms. The lowest BCUT2D eigenvalue weighted by Crippen LogP contribution is -2.02. The maximum absolute atomic E-state index is 2.50. The molecule has 8 bridgehead atoms. The minimum Gasteiger partial charge on any atom is -0.310 e. The van der Waals surface area contributed by atoms with Crippen LogP contribution in [0.25, 0.3) is 148 Å². The van der Waals surface area contributed by atoms with Gasteiger partial charge in [-0.25, -0.2) is 0 Å². The zero-order chi connectivity index (χ0) is 51.7. The van der Waals surface area contributed by atoms with Crippen molar-refractivity contribution >= 4 is 120 Å². The first kappa shape index (κ1) is 43.6. The Morgan fingerprint density at radius 1 is 0.177 bits per heavy atom. The second kappa shape index (κ2) is 16.9. The summed E-state index contributed by atoms with van der Waals surface area (Å²) >= 11 is 0. The number of hydrogen-bond acceptors (Lipinski definition) is 0. The van der Waals surface area contributed by atoms with Crippen molar-refractivity contribution in [2.75, 3.05) is 0 Å². The Bertz CT molecular complexity index is 5440. The summed E-state index contributed by atoms with van der Waals surface area (Å²) in [6.07, 6.45) is 0. The second-order valence-electron chi connectivity index (χ2n) is 20.9. The van der Waals surface area contributed by atoms with Gasteiger partial charge in [0.2, 0.25) is 0 Å². The number of nitrogens with zero attached hydrogens (tertiary/aromatic N) is 5. The highest BCUT2D eigenvalue weighted by Crippen LogP contribution is 2.42. The largest absolute Gasteiger partial charge is 0.310 e. The van der Waals surface area contributed by atoms with Gasteiger partial charge in [0, 0.05) is 76.5 Å². The van der Waals surface area contributed by atoms with Crippen LogP contribution in [0.1, 0.15) is 0 Å². The van der Waals surface area contributed by atoms with Crippen LogP contribution in [0.15, 0.2) is 285 Å². The topological polar surface area (TPSA) is 24.6 Å². The van der Waals surface area contributed by atoms with Crippen molar-refractivity contribution in [3.63, 3.8) is 0 Å². The third kappa shape index (κ3) is 6.51. The Morgan fingerprint density at radius 3 is 1.27 bits per heavy atom. The van der Waals surface area contributed by atoms with Gasteiger partial charge in [0.05, 0.1) is 50.2 Å². The fraction of sp³-hybridized carbons (Fsp3) is 0. The Balaban J connectivity index is 1.00. The summed E-state index contributed by atoms with van der Waals surface area (Å²) in [7, 11) is 0. The van der Waals surface area contributed by atoms with E-state index in [1.54, 1.807) is 0 Å². The molecule has 0 saturated heterocycles. The van der Waals surface area contributed by atoms with Gasteiger partial charge in [0.15, 0.2) is 0 Å². The third-order valence-corrected chi connectivity index (χ3v) is 16.6. The summed E-state index contributed by atoms with van der Waals surface area (Å²) in [5, 5.41) is 14.3. The lowest BCUT2D eigenvalue weighted by atomic mass is 10.1. The van der Waals surface area contributed by atoms with E-state index in [0.29, 0.717) is 0 Å². The highest BCUT2D eigenvalue weighted by molar-refractivity contribution is 6.16. The molecule has 0 fully saturated rings. The Morgan fingerprint density at radius 2 is 0.595 bits per heavy atom. The van der Waals surface area contributed by atoms with Crippen LogP contribution in [0.3, 0.4) is 0 Å². The van der Waals surface area contributed by atoms with E-state index in [1.807, 2.05) is 0 Å². The SMILES string of the molecule is c1ccc(-n2c3ccc4cc3c3cc(ccc32)n(-c2cccc3c5ccccc5n(-c5cccc6ccccc56)c23)c2cccc(c2)c2cccc(c2)n4-c2ccc3c(c2)c2ccccc2n3-c2cccc3ccccc23)cc1. The first-order valence-corrected chi connectivity index (χ1v) is 27.2. The predicted molar refractivity (Wildman–Crippen MR) is 333 cm³/mol. The fourth-order valence-corrected chi connectivity index (χ4v) is 13.3. The lowest BCUT2D eigenvalue weighted by molar-refractivity contribution is 1.13.